The Kier molecular flexibility index (Phi) is 5.44. The lowest BCUT2D eigenvalue weighted by molar-refractivity contribution is -0.140. The van der Waals surface area contributed by atoms with E-state index in [9.17, 15) is 4.79 Å². The van der Waals surface area contributed by atoms with E-state index in [-0.39, 0.29) is 11.3 Å². The van der Waals surface area contributed by atoms with Gasteiger partial charge in [-0.3, -0.25) is 19.7 Å². The lowest BCUT2D eigenvalue weighted by atomic mass is 9.73. The van der Waals surface area contributed by atoms with Crippen LogP contribution in [0.2, 0.25) is 0 Å². The quantitative estimate of drug-likeness (QED) is 0.817. The number of hydrogen-bond acceptors (Lipinski definition) is 4. The number of piperidine rings is 2. The maximum Gasteiger partial charge on any atom is 0.222 e. The number of aryl methyl sites for hydroxylation is 2. The number of likely N-dealkylation sites (tertiary alicyclic amines) is 2. The Morgan fingerprint density at radius 3 is 2.75 bits per heavy atom. The molecule has 2 fully saturated rings. The molecule has 28 heavy (non-hydrogen) atoms. The van der Waals surface area contributed by atoms with Crippen LogP contribution in [0.5, 0.6) is 0 Å². The summed E-state index contributed by atoms with van der Waals surface area (Å²) in [5.41, 5.74) is 4.70. The molecular weight excluding hydrogens is 348 g/mol. The van der Waals surface area contributed by atoms with Crippen molar-refractivity contribution in [1.82, 2.24) is 19.8 Å². The molecule has 5 nitrogen and oxygen atoms in total. The van der Waals surface area contributed by atoms with E-state index in [1.54, 1.807) is 12.4 Å². The Balaban J connectivity index is 1.44. The number of carbonyl (C=O) groups excluding carboxylic acids is 1. The molecule has 2 aliphatic heterocycles. The molecular formula is C23H30N4O. The van der Waals surface area contributed by atoms with Crippen LogP contribution in [0.15, 0.2) is 36.7 Å². The Labute approximate surface area is 167 Å². The van der Waals surface area contributed by atoms with Gasteiger partial charge in [0.1, 0.15) is 0 Å². The monoisotopic (exact) mass is 378 g/mol. The molecule has 3 heterocycles. The van der Waals surface area contributed by atoms with Gasteiger partial charge in [0.15, 0.2) is 0 Å². The number of benzene rings is 1. The minimum Gasteiger partial charge on any atom is -0.336 e. The van der Waals surface area contributed by atoms with Gasteiger partial charge in [0.05, 0.1) is 24.1 Å². The largest absolute Gasteiger partial charge is 0.336 e. The van der Waals surface area contributed by atoms with E-state index < -0.39 is 0 Å². The molecule has 148 valence electrons. The standard InChI is InChI=1S/C23H30N4O/c1-18-5-3-6-20(11-18)14-26-10-4-8-23(16-26)9-7-22(28)27(17-23)15-21-13-24-19(2)12-25-21/h3,5-6,11-13H,4,7-10,14-17H2,1-2H3/t23-/m1/s1. The highest BCUT2D eigenvalue weighted by atomic mass is 16.2. The highest BCUT2D eigenvalue weighted by Crippen LogP contribution is 2.39. The molecule has 1 spiro atoms. The third-order valence-corrected chi connectivity index (χ3v) is 6.16. The van der Waals surface area contributed by atoms with Gasteiger partial charge in [0.2, 0.25) is 5.91 Å². The van der Waals surface area contributed by atoms with Crippen molar-refractivity contribution in [3.63, 3.8) is 0 Å². The van der Waals surface area contributed by atoms with Gasteiger partial charge in [-0.25, -0.2) is 0 Å². The van der Waals surface area contributed by atoms with E-state index >= 15 is 0 Å². The smallest absolute Gasteiger partial charge is 0.222 e. The van der Waals surface area contributed by atoms with E-state index in [0.29, 0.717) is 13.0 Å². The number of aromatic nitrogens is 2. The average molecular weight is 379 g/mol. The number of carbonyl (C=O) groups is 1. The van der Waals surface area contributed by atoms with Gasteiger partial charge in [0, 0.05) is 37.7 Å². The molecule has 2 saturated heterocycles. The summed E-state index contributed by atoms with van der Waals surface area (Å²) in [6, 6.07) is 8.81. The van der Waals surface area contributed by atoms with Crippen LogP contribution in [0.25, 0.3) is 0 Å². The van der Waals surface area contributed by atoms with Crippen LogP contribution in [-0.4, -0.2) is 45.3 Å². The Hall–Kier alpha value is -2.27. The van der Waals surface area contributed by atoms with Gasteiger partial charge in [0.25, 0.3) is 0 Å². The van der Waals surface area contributed by atoms with E-state index in [0.717, 1.165) is 44.0 Å². The van der Waals surface area contributed by atoms with Crippen molar-refractivity contribution in [2.75, 3.05) is 19.6 Å². The molecule has 1 aromatic carbocycles. The van der Waals surface area contributed by atoms with Crippen molar-refractivity contribution >= 4 is 5.91 Å². The summed E-state index contributed by atoms with van der Waals surface area (Å²) < 4.78 is 0. The average Bonchev–Trinajstić information content (AvgIpc) is 2.67. The molecule has 4 rings (SSSR count). The molecule has 1 atom stereocenters. The van der Waals surface area contributed by atoms with E-state index in [4.69, 9.17) is 0 Å². The minimum absolute atomic E-state index is 0.216. The third-order valence-electron chi connectivity index (χ3n) is 6.16. The van der Waals surface area contributed by atoms with Gasteiger partial charge in [-0.05, 0) is 45.2 Å². The molecule has 0 radical (unpaired) electrons. The summed E-state index contributed by atoms with van der Waals surface area (Å²) in [4.78, 5) is 25.9. The highest BCUT2D eigenvalue weighted by molar-refractivity contribution is 5.77. The zero-order valence-corrected chi connectivity index (χ0v) is 17.0. The normalized spacial score (nSPS) is 23.4. The van der Waals surface area contributed by atoms with Crippen molar-refractivity contribution in [2.45, 2.75) is 52.6 Å². The van der Waals surface area contributed by atoms with Gasteiger partial charge in [-0.1, -0.05) is 29.8 Å². The van der Waals surface area contributed by atoms with Crippen molar-refractivity contribution in [3.05, 3.63) is 59.2 Å². The fraction of sp³-hybridized carbons (Fsp3) is 0.522. The summed E-state index contributed by atoms with van der Waals surface area (Å²) in [7, 11) is 0. The lowest BCUT2D eigenvalue weighted by Crippen LogP contribution is -2.53. The van der Waals surface area contributed by atoms with Gasteiger partial charge in [-0.2, -0.15) is 0 Å². The second-order valence-corrected chi connectivity index (χ2v) is 8.70. The van der Waals surface area contributed by atoms with Crippen LogP contribution in [0.1, 0.15) is 48.2 Å². The topological polar surface area (TPSA) is 49.3 Å². The van der Waals surface area contributed by atoms with E-state index in [1.165, 1.54) is 24.0 Å². The molecule has 0 bridgehead atoms. The first-order valence-corrected chi connectivity index (χ1v) is 10.3. The van der Waals surface area contributed by atoms with Crippen molar-refractivity contribution in [3.8, 4) is 0 Å². The highest BCUT2D eigenvalue weighted by Gasteiger charge is 2.41. The first kappa shape index (κ1) is 19.1. The molecule has 0 unspecified atom stereocenters. The van der Waals surface area contributed by atoms with Gasteiger partial charge in [-0.15, -0.1) is 0 Å². The van der Waals surface area contributed by atoms with Crippen molar-refractivity contribution < 1.29 is 4.79 Å². The Bertz CT molecular complexity index is 835. The van der Waals surface area contributed by atoms with Crippen LogP contribution in [-0.2, 0) is 17.9 Å². The molecule has 0 N–H and O–H groups in total. The molecule has 5 heteroatoms. The van der Waals surface area contributed by atoms with E-state index in [1.807, 2.05) is 11.8 Å². The number of hydrogen-bond donors (Lipinski definition) is 0. The first-order chi connectivity index (χ1) is 13.5. The zero-order valence-electron chi connectivity index (χ0n) is 17.0. The predicted molar refractivity (Wildman–Crippen MR) is 110 cm³/mol. The second-order valence-electron chi connectivity index (χ2n) is 8.70. The van der Waals surface area contributed by atoms with E-state index in [2.05, 4.69) is 46.1 Å². The Morgan fingerprint density at radius 2 is 1.96 bits per heavy atom. The maximum atomic E-state index is 12.6. The fourth-order valence-electron chi connectivity index (χ4n) is 4.79. The molecule has 1 amide bonds. The second kappa shape index (κ2) is 8.00. The maximum absolute atomic E-state index is 12.6. The van der Waals surface area contributed by atoms with Gasteiger partial charge < -0.3 is 4.90 Å². The summed E-state index contributed by atoms with van der Waals surface area (Å²) in [6.45, 7) is 8.72. The van der Waals surface area contributed by atoms with Crippen molar-refractivity contribution in [1.29, 1.82) is 0 Å². The molecule has 0 saturated carbocycles. The van der Waals surface area contributed by atoms with Crippen LogP contribution in [0.3, 0.4) is 0 Å². The number of nitrogens with zero attached hydrogens (tertiary/aromatic N) is 4. The summed E-state index contributed by atoms with van der Waals surface area (Å²) in [5.74, 6) is 0.254. The summed E-state index contributed by atoms with van der Waals surface area (Å²) in [5, 5.41) is 0. The molecule has 0 aliphatic carbocycles. The molecule has 1 aromatic heterocycles. The van der Waals surface area contributed by atoms with Gasteiger partial charge >= 0.3 is 0 Å². The third kappa shape index (κ3) is 4.41. The lowest BCUT2D eigenvalue weighted by Gasteiger charge is -2.48. The molecule has 2 aromatic rings. The molecule has 2 aliphatic rings. The summed E-state index contributed by atoms with van der Waals surface area (Å²) in [6.07, 6.45) is 7.65. The minimum atomic E-state index is 0.216. The Morgan fingerprint density at radius 1 is 1.07 bits per heavy atom. The SMILES string of the molecule is Cc1cccc(CN2CCC[C@@]3(CCC(=O)N(Cc4cnc(C)cn4)C3)C2)c1. The number of amides is 1. The van der Waals surface area contributed by atoms with Crippen LogP contribution in [0.4, 0.5) is 0 Å². The summed E-state index contributed by atoms with van der Waals surface area (Å²) >= 11 is 0. The zero-order chi connectivity index (χ0) is 19.6. The van der Waals surface area contributed by atoms with Crippen LogP contribution >= 0.6 is 0 Å². The van der Waals surface area contributed by atoms with Crippen LogP contribution in [0, 0.1) is 19.3 Å². The predicted octanol–water partition coefficient (Wildman–Crippen LogP) is 3.50. The first-order valence-electron chi connectivity index (χ1n) is 10.3. The van der Waals surface area contributed by atoms with Crippen LogP contribution < -0.4 is 0 Å². The number of rotatable bonds is 4. The van der Waals surface area contributed by atoms with Crippen molar-refractivity contribution in [2.24, 2.45) is 5.41 Å². The fourth-order valence-corrected chi connectivity index (χ4v) is 4.79.